The van der Waals surface area contributed by atoms with Gasteiger partial charge in [0.05, 0.1) is 33.7 Å². The number of rotatable bonds is 2. The average molecular weight is 540 g/mol. The molecule has 8 nitrogen and oxygen atoms in total. The Morgan fingerprint density at radius 1 is 1.13 bits per heavy atom. The molecule has 3 aliphatic rings. The minimum absolute atomic E-state index is 0.0160. The first-order valence-corrected chi connectivity index (χ1v) is 13.8. The van der Waals surface area contributed by atoms with Crippen LogP contribution in [0.15, 0.2) is 48.5 Å². The number of thiocarbonyl (C=S) groups is 1. The van der Waals surface area contributed by atoms with Crippen molar-refractivity contribution in [3.05, 3.63) is 59.7 Å². The normalized spacial score (nSPS) is 25.4. The minimum atomic E-state index is -0.862. The zero-order valence-corrected chi connectivity index (χ0v) is 23.1. The molecule has 5 aromatic rings. The number of fused-ring (bicyclic) bond motifs is 13. The van der Waals surface area contributed by atoms with Crippen molar-refractivity contribution >= 4 is 66.8 Å². The Bertz CT molecular complexity index is 1910. The van der Waals surface area contributed by atoms with Gasteiger partial charge < -0.3 is 34.1 Å². The van der Waals surface area contributed by atoms with E-state index in [4.69, 9.17) is 21.7 Å². The molecular weight excluding hydrogens is 510 g/mol. The van der Waals surface area contributed by atoms with Gasteiger partial charge in [-0.1, -0.05) is 36.4 Å². The van der Waals surface area contributed by atoms with E-state index in [0.29, 0.717) is 18.1 Å². The van der Waals surface area contributed by atoms with Crippen molar-refractivity contribution in [3.8, 4) is 0 Å². The number of para-hydroxylation sites is 2. The van der Waals surface area contributed by atoms with Crippen molar-refractivity contribution < 1.29 is 14.3 Å². The topological polar surface area (TPSA) is 72.7 Å². The summed E-state index contributed by atoms with van der Waals surface area (Å²) in [5.41, 5.74) is 5.22. The lowest BCUT2D eigenvalue weighted by Gasteiger charge is -2.51. The van der Waals surface area contributed by atoms with Crippen LogP contribution in [0.25, 0.3) is 43.6 Å². The summed E-state index contributed by atoms with van der Waals surface area (Å²) in [5, 5.41) is 11.2. The summed E-state index contributed by atoms with van der Waals surface area (Å²) < 4.78 is 18.2. The highest BCUT2D eigenvalue weighted by Gasteiger charge is 2.54. The Hall–Kier alpha value is -3.66. The van der Waals surface area contributed by atoms with Gasteiger partial charge in [0.2, 0.25) is 0 Å². The summed E-state index contributed by atoms with van der Waals surface area (Å²) >= 11 is 5.71. The van der Waals surface area contributed by atoms with Crippen molar-refractivity contribution in [3.63, 3.8) is 0 Å². The highest BCUT2D eigenvalue weighted by molar-refractivity contribution is 7.80. The monoisotopic (exact) mass is 539 g/mol. The van der Waals surface area contributed by atoms with Gasteiger partial charge in [-0.2, -0.15) is 0 Å². The molecule has 1 amide bonds. The molecule has 2 bridgehead atoms. The first kappa shape index (κ1) is 23.2. The van der Waals surface area contributed by atoms with Crippen LogP contribution in [-0.4, -0.2) is 58.4 Å². The number of nitrogens with one attached hydrogen (secondary N) is 2. The Kier molecular flexibility index (Phi) is 4.60. The first-order chi connectivity index (χ1) is 18.9. The molecule has 39 heavy (non-hydrogen) atoms. The molecular formula is C30H29N5O3S. The van der Waals surface area contributed by atoms with Gasteiger partial charge in [-0.3, -0.25) is 4.79 Å². The number of methoxy groups -OCH3 is 1. The van der Waals surface area contributed by atoms with Crippen LogP contribution in [0, 0.1) is 0 Å². The third kappa shape index (κ3) is 2.65. The molecule has 5 heterocycles. The van der Waals surface area contributed by atoms with Gasteiger partial charge in [-0.05, 0) is 36.8 Å². The lowest BCUT2D eigenvalue weighted by Crippen LogP contribution is -2.62. The second-order valence-corrected chi connectivity index (χ2v) is 11.4. The zero-order chi connectivity index (χ0) is 26.8. The third-order valence-corrected chi connectivity index (χ3v) is 9.72. The van der Waals surface area contributed by atoms with Gasteiger partial charge >= 0.3 is 0 Å². The van der Waals surface area contributed by atoms with Crippen LogP contribution < -0.4 is 10.6 Å². The fourth-order valence-corrected chi connectivity index (χ4v) is 7.85. The van der Waals surface area contributed by atoms with Gasteiger partial charge in [0.1, 0.15) is 12.3 Å². The van der Waals surface area contributed by atoms with Crippen molar-refractivity contribution in [1.29, 1.82) is 0 Å². The SMILES string of the molecule is CNC(=S)N(C)[C@H]1C[C@@H]2O[C@](C)([C@H]1OC)n1c3ccccc3c3c4c(c5c6ccccc6n2c5c31)C(=O)NC4. The van der Waals surface area contributed by atoms with Crippen LogP contribution in [-0.2, 0) is 21.7 Å². The summed E-state index contributed by atoms with van der Waals surface area (Å²) in [6.45, 7) is 2.64. The van der Waals surface area contributed by atoms with Crippen LogP contribution in [0.4, 0.5) is 0 Å². The summed E-state index contributed by atoms with van der Waals surface area (Å²) in [5.74, 6) is -0.0160. The Labute approximate surface area is 230 Å². The van der Waals surface area contributed by atoms with Gasteiger partial charge in [0.15, 0.2) is 10.8 Å². The van der Waals surface area contributed by atoms with Gasteiger partial charge in [-0.15, -0.1) is 0 Å². The molecule has 0 radical (unpaired) electrons. The fraction of sp³-hybridized carbons (Fsp3) is 0.333. The molecule has 2 aromatic heterocycles. The van der Waals surface area contributed by atoms with E-state index in [0.717, 1.165) is 54.7 Å². The lowest BCUT2D eigenvalue weighted by atomic mass is 9.92. The van der Waals surface area contributed by atoms with E-state index in [9.17, 15) is 4.79 Å². The number of hydrogen-bond acceptors (Lipinski definition) is 4. The van der Waals surface area contributed by atoms with Crippen LogP contribution in [0.2, 0.25) is 0 Å². The summed E-state index contributed by atoms with van der Waals surface area (Å²) in [7, 11) is 5.63. The second kappa shape index (κ2) is 7.71. The number of amides is 1. The number of hydrogen-bond donors (Lipinski definition) is 2. The van der Waals surface area contributed by atoms with E-state index in [1.807, 2.05) is 20.2 Å². The van der Waals surface area contributed by atoms with Crippen molar-refractivity contribution in [2.75, 3.05) is 21.2 Å². The number of nitrogens with zero attached hydrogens (tertiary/aromatic N) is 3. The molecule has 198 valence electrons. The molecule has 9 heteroatoms. The number of carbonyl (C=O) groups excluding carboxylic acids is 1. The molecule has 0 aliphatic carbocycles. The maximum Gasteiger partial charge on any atom is 0.252 e. The number of likely N-dealkylation sites (N-methyl/N-ethyl adjacent to an activating group) is 1. The van der Waals surface area contributed by atoms with E-state index in [1.54, 1.807) is 7.11 Å². The molecule has 0 saturated carbocycles. The minimum Gasteiger partial charge on any atom is -0.374 e. The largest absolute Gasteiger partial charge is 0.374 e. The molecule has 0 spiro atoms. The quantitative estimate of drug-likeness (QED) is 0.320. The van der Waals surface area contributed by atoms with Crippen molar-refractivity contribution in [2.24, 2.45) is 0 Å². The highest BCUT2D eigenvalue weighted by Crippen LogP contribution is 2.54. The van der Waals surface area contributed by atoms with E-state index in [-0.39, 0.29) is 24.3 Å². The summed E-state index contributed by atoms with van der Waals surface area (Å²) in [6.07, 6.45) is 0.0246. The number of benzene rings is 3. The van der Waals surface area contributed by atoms with Gasteiger partial charge in [0, 0.05) is 55.7 Å². The van der Waals surface area contributed by atoms with E-state index in [2.05, 4.69) is 74.1 Å². The Balaban J connectivity index is 1.62. The summed E-state index contributed by atoms with van der Waals surface area (Å²) in [6, 6.07) is 16.7. The maximum absolute atomic E-state index is 13.5. The maximum atomic E-state index is 13.5. The van der Waals surface area contributed by atoms with Gasteiger partial charge in [-0.25, -0.2) is 0 Å². The summed E-state index contributed by atoms with van der Waals surface area (Å²) in [4.78, 5) is 15.6. The first-order valence-electron chi connectivity index (χ1n) is 13.3. The average Bonchev–Trinajstić information content (AvgIpc) is 3.59. The molecule has 1 fully saturated rings. The predicted molar refractivity (Wildman–Crippen MR) is 156 cm³/mol. The van der Waals surface area contributed by atoms with E-state index < -0.39 is 5.72 Å². The standard InChI is InChI=1S/C30H29N5O3S/c1-30-27(37-4)20(33(3)29(39)31-2)13-21(38-30)34-18-11-7-5-9-15(18)23-24-17(14-32-28(24)36)22-16-10-6-8-12-19(16)35(30)26(22)25(23)34/h5-12,20-21,27H,13-14H2,1-4H3,(H,31,39)(H,32,36)/t20-,21-,27-,30+/m0/s1. The van der Waals surface area contributed by atoms with E-state index >= 15 is 0 Å². The smallest absolute Gasteiger partial charge is 0.252 e. The van der Waals surface area contributed by atoms with Crippen molar-refractivity contribution in [1.82, 2.24) is 24.7 Å². The zero-order valence-electron chi connectivity index (χ0n) is 22.2. The van der Waals surface area contributed by atoms with Crippen LogP contribution in [0.5, 0.6) is 0 Å². The van der Waals surface area contributed by atoms with Crippen LogP contribution in [0.1, 0.15) is 35.5 Å². The van der Waals surface area contributed by atoms with Crippen LogP contribution >= 0.6 is 12.2 Å². The second-order valence-electron chi connectivity index (χ2n) is 11.0. The molecule has 0 unspecified atom stereocenters. The lowest BCUT2D eigenvalue weighted by molar-refractivity contribution is -0.263. The molecule has 3 aliphatic heterocycles. The third-order valence-electron chi connectivity index (χ3n) is 9.23. The van der Waals surface area contributed by atoms with Gasteiger partial charge in [0.25, 0.3) is 5.91 Å². The Morgan fingerprint density at radius 2 is 1.82 bits per heavy atom. The molecule has 2 N–H and O–H groups in total. The van der Waals surface area contributed by atoms with E-state index in [1.165, 1.54) is 0 Å². The molecule has 8 rings (SSSR count). The number of aromatic nitrogens is 2. The predicted octanol–water partition coefficient (Wildman–Crippen LogP) is 4.57. The molecule has 1 saturated heterocycles. The Morgan fingerprint density at radius 3 is 2.54 bits per heavy atom. The number of carbonyl (C=O) groups is 1. The van der Waals surface area contributed by atoms with Crippen molar-refractivity contribution in [2.45, 2.75) is 44.0 Å². The molecule has 4 atom stereocenters. The van der Waals surface area contributed by atoms with Crippen LogP contribution in [0.3, 0.4) is 0 Å². The fourth-order valence-electron chi connectivity index (χ4n) is 7.72. The number of ether oxygens (including phenoxy) is 2. The highest BCUT2D eigenvalue weighted by atomic mass is 32.1. The molecule has 3 aromatic carbocycles.